The summed E-state index contributed by atoms with van der Waals surface area (Å²) in [4.78, 5) is 11.5. The highest BCUT2D eigenvalue weighted by Crippen LogP contribution is 2.27. The number of aryl methyl sites for hydroxylation is 1. The summed E-state index contributed by atoms with van der Waals surface area (Å²) in [6, 6.07) is 6.30. The van der Waals surface area contributed by atoms with Gasteiger partial charge >= 0.3 is 0 Å². The molecular weight excluding hydrogens is 236 g/mol. The first-order valence-electron chi connectivity index (χ1n) is 6.77. The molecule has 0 bridgehead atoms. The molecule has 1 rings (SSSR count). The Morgan fingerprint density at radius 2 is 2.16 bits per heavy atom. The standard InChI is InChI=1S/C16H24N2O/c1-5-10-17-15(19)9-11-18-16-13(4)7-6-8-14(16)12(2)3/h5-8,12,18H,1,9-11H2,2-4H3,(H,17,19). The number of hydrogen-bond acceptors (Lipinski definition) is 2. The lowest BCUT2D eigenvalue weighted by molar-refractivity contribution is -0.120. The van der Waals surface area contributed by atoms with Gasteiger partial charge in [0.1, 0.15) is 0 Å². The number of hydrogen-bond donors (Lipinski definition) is 2. The van der Waals surface area contributed by atoms with E-state index in [4.69, 9.17) is 0 Å². The highest BCUT2D eigenvalue weighted by atomic mass is 16.1. The van der Waals surface area contributed by atoms with E-state index in [1.54, 1.807) is 6.08 Å². The van der Waals surface area contributed by atoms with Crippen molar-refractivity contribution in [2.75, 3.05) is 18.4 Å². The third-order valence-corrected chi connectivity index (χ3v) is 3.02. The first-order chi connectivity index (χ1) is 9.06. The third-order valence-electron chi connectivity index (χ3n) is 3.02. The van der Waals surface area contributed by atoms with Gasteiger partial charge in [0.2, 0.25) is 5.91 Å². The molecule has 3 heteroatoms. The molecule has 0 fully saturated rings. The maximum absolute atomic E-state index is 11.5. The maximum Gasteiger partial charge on any atom is 0.222 e. The van der Waals surface area contributed by atoms with Crippen LogP contribution in [0.15, 0.2) is 30.9 Å². The number of amides is 1. The van der Waals surface area contributed by atoms with Crippen LogP contribution >= 0.6 is 0 Å². The van der Waals surface area contributed by atoms with Gasteiger partial charge < -0.3 is 10.6 Å². The van der Waals surface area contributed by atoms with Gasteiger partial charge in [-0.2, -0.15) is 0 Å². The molecule has 0 unspecified atom stereocenters. The molecule has 0 radical (unpaired) electrons. The summed E-state index contributed by atoms with van der Waals surface area (Å²) >= 11 is 0. The number of benzene rings is 1. The van der Waals surface area contributed by atoms with Crippen LogP contribution in [0.1, 0.15) is 37.3 Å². The van der Waals surface area contributed by atoms with Crippen LogP contribution in [0.25, 0.3) is 0 Å². The predicted octanol–water partition coefficient (Wildman–Crippen LogP) is 3.22. The van der Waals surface area contributed by atoms with Crippen LogP contribution in [0.3, 0.4) is 0 Å². The maximum atomic E-state index is 11.5. The van der Waals surface area contributed by atoms with Gasteiger partial charge in [0.15, 0.2) is 0 Å². The fourth-order valence-electron chi connectivity index (χ4n) is 1.99. The molecule has 0 aliphatic carbocycles. The Bertz CT molecular complexity index is 438. The van der Waals surface area contributed by atoms with Crippen LogP contribution in [-0.4, -0.2) is 19.0 Å². The van der Waals surface area contributed by atoms with Crippen molar-refractivity contribution in [2.45, 2.75) is 33.1 Å². The number of nitrogens with one attached hydrogen (secondary N) is 2. The Hall–Kier alpha value is -1.77. The first-order valence-corrected chi connectivity index (χ1v) is 6.77. The van der Waals surface area contributed by atoms with Crippen LogP contribution in [0.4, 0.5) is 5.69 Å². The highest BCUT2D eigenvalue weighted by Gasteiger charge is 2.08. The molecule has 0 saturated heterocycles. The van der Waals surface area contributed by atoms with Crippen LogP contribution in [0, 0.1) is 6.92 Å². The van der Waals surface area contributed by atoms with Gasteiger partial charge in [0.25, 0.3) is 0 Å². The van der Waals surface area contributed by atoms with Gasteiger partial charge in [-0.1, -0.05) is 38.1 Å². The van der Waals surface area contributed by atoms with Crippen molar-refractivity contribution in [2.24, 2.45) is 0 Å². The van der Waals surface area contributed by atoms with E-state index in [0.717, 1.165) is 5.69 Å². The summed E-state index contributed by atoms with van der Waals surface area (Å²) in [5, 5.41) is 6.16. The van der Waals surface area contributed by atoms with E-state index in [1.165, 1.54) is 11.1 Å². The summed E-state index contributed by atoms with van der Waals surface area (Å²) < 4.78 is 0. The Balaban J connectivity index is 2.58. The molecular formula is C16H24N2O. The van der Waals surface area contributed by atoms with E-state index in [2.05, 4.69) is 56.2 Å². The number of rotatable bonds is 7. The van der Waals surface area contributed by atoms with Crippen molar-refractivity contribution in [1.29, 1.82) is 0 Å². The highest BCUT2D eigenvalue weighted by molar-refractivity contribution is 5.76. The largest absolute Gasteiger partial charge is 0.384 e. The number of carbonyl (C=O) groups is 1. The summed E-state index contributed by atoms with van der Waals surface area (Å²) in [6.07, 6.45) is 2.16. The van der Waals surface area contributed by atoms with Crippen LogP contribution in [0.5, 0.6) is 0 Å². The van der Waals surface area contributed by atoms with E-state index in [0.29, 0.717) is 25.4 Å². The lowest BCUT2D eigenvalue weighted by atomic mass is 9.98. The molecule has 0 aliphatic rings. The van der Waals surface area contributed by atoms with Crippen molar-refractivity contribution in [3.63, 3.8) is 0 Å². The topological polar surface area (TPSA) is 41.1 Å². The molecule has 0 aliphatic heterocycles. The SMILES string of the molecule is C=CCNC(=O)CCNc1c(C)cccc1C(C)C. The molecule has 104 valence electrons. The minimum atomic E-state index is 0.0482. The Morgan fingerprint density at radius 3 is 2.79 bits per heavy atom. The lowest BCUT2D eigenvalue weighted by Gasteiger charge is -2.17. The summed E-state index contributed by atoms with van der Waals surface area (Å²) in [7, 11) is 0. The van der Waals surface area contributed by atoms with E-state index < -0.39 is 0 Å². The van der Waals surface area contributed by atoms with Gasteiger partial charge in [-0.15, -0.1) is 6.58 Å². The van der Waals surface area contributed by atoms with Crippen molar-refractivity contribution in [1.82, 2.24) is 5.32 Å². The van der Waals surface area contributed by atoms with E-state index in [1.807, 2.05) is 0 Å². The van der Waals surface area contributed by atoms with Gasteiger partial charge in [-0.05, 0) is 24.0 Å². The lowest BCUT2D eigenvalue weighted by Crippen LogP contribution is -2.25. The quantitative estimate of drug-likeness (QED) is 0.739. The fraction of sp³-hybridized carbons (Fsp3) is 0.438. The first kappa shape index (κ1) is 15.3. The molecule has 0 spiro atoms. The molecule has 1 aromatic rings. The van der Waals surface area contributed by atoms with Crippen LogP contribution < -0.4 is 10.6 Å². The van der Waals surface area contributed by atoms with Gasteiger partial charge in [0, 0.05) is 25.2 Å². The van der Waals surface area contributed by atoms with Gasteiger partial charge in [0.05, 0.1) is 0 Å². The minimum Gasteiger partial charge on any atom is -0.384 e. The molecule has 2 N–H and O–H groups in total. The van der Waals surface area contributed by atoms with Crippen molar-refractivity contribution in [3.8, 4) is 0 Å². The zero-order valence-electron chi connectivity index (χ0n) is 12.1. The monoisotopic (exact) mass is 260 g/mol. The van der Waals surface area contributed by atoms with Gasteiger partial charge in [-0.3, -0.25) is 4.79 Å². The van der Waals surface area contributed by atoms with Crippen molar-refractivity contribution < 1.29 is 4.79 Å². The normalized spacial score (nSPS) is 10.3. The molecule has 19 heavy (non-hydrogen) atoms. The molecule has 1 aromatic carbocycles. The number of anilines is 1. The summed E-state index contributed by atoms with van der Waals surface area (Å²) in [5.74, 6) is 0.518. The summed E-state index contributed by atoms with van der Waals surface area (Å²) in [5.41, 5.74) is 3.68. The second kappa shape index (κ2) is 7.62. The Kier molecular flexibility index (Phi) is 6.13. The smallest absolute Gasteiger partial charge is 0.222 e. The Labute approximate surface area is 116 Å². The average Bonchev–Trinajstić information content (AvgIpc) is 2.37. The summed E-state index contributed by atoms with van der Waals surface area (Å²) in [6.45, 7) is 11.2. The zero-order chi connectivity index (χ0) is 14.3. The minimum absolute atomic E-state index is 0.0482. The van der Waals surface area contributed by atoms with E-state index >= 15 is 0 Å². The number of carbonyl (C=O) groups excluding carboxylic acids is 1. The predicted molar refractivity (Wildman–Crippen MR) is 81.6 cm³/mol. The second-order valence-electron chi connectivity index (χ2n) is 4.96. The van der Waals surface area contributed by atoms with E-state index in [-0.39, 0.29) is 5.91 Å². The molecule has 0 aromatic heterocycles. The molecule has 0 saturated carbocycles. The molecule has 0 heterocycles. The average molecular weight is 260 g/mol. The second-order valence-corrected chi connectivity index (χ2v) is 4.96. The molecule has 1 amide bonds. The molecule has 3 nitrogen and oxygen atoms in total. The van der Waals surface area contributed by atoms with Crippen LogP contribution in [-0.2, 0) is 4.79 Å². The number of para-hydroxylation sites is 1. The van der Waals surface area contributed by atoms with Crippen molar-refractivity contribution in [3.05, 3.63) is 42.0 Å². The van der Waals surface area contributed by atoms with E-state index in [9.17, 15) is 4.79 Å². The fourth-order valence-corrected chi connectivity index (χ4v) is 1.99. The van der Waals surface area contributed by atoms with Crippen LogP contribution in [0.2, 0.25) is 0 Å². The van der Waals surface area contributed by atoms with Gasteiger partial charge in [-0.25, -0.2) is 0 Å². The third kappa shape index (κ3) is 4.78. The molecule has 0 atom stereocenters. The zero-order valence-corrected chi connectivity index (χ0v) is 12.1. The van der Waals surface area contributed by atoms with Crippen molar-refractivity contribution >= 4 is 11.6 Å². The Morgan fingerprint density at radius 1 is 1.42 bits per heavy atom.